The Morgan fingerprint density at radius 3 is 2.59 bits per heavy atom. The molecule has 1 saturated carbocycles. The van der Waals surface area contributed by atoms with Crippen LogP contribution in [-0.2, 0) is 20.9 Å². The number of rotatable bonds is 7. The first-order chi connectivity index (χ1) is 16.4. The van der Waals surface area contributed by atoms with Crippen molar-refractivity contribution in [2.24, 2.45) is 5.92 Å². The molecule has 182 valence electrons. The van der Waals surface area contributed by atoms with E-state index < -0.39 is 18.0 Å². The third-order valence-corrected chi connectivity index (χ3v) is 8.18. The van der Waals surface area contributed by atoms with Gasteiger partial charge in [0.05, 0.1) is 34.9 Å². The summed E-state index contributed by atoms with van der Waals surface area (Å²) in [6.45, 7) is 3.04. The molecule has 2 aliphatic rings. The van der Waals surface area contributed by atoms with E-state index in [0.717, 1.165) is 28.6 Å². The first-order valence-electron chi connectivity index (χ1n) is 11.1. The number of alkyl carbamates (subject to hydrolysis) is 1. The van der Waals surface area contributed by atoms with Crippen molar-refractivity contribution >= 4 is 52.7 Å². The Hall–Kier alpha value is -2.13. The zero-order valence-electron chi connectivity index (χ0n) is 18.5. The molecular formula is C24H26Cl2N2O5S. The van der Waals surface area contributed by atoms with Crippen LogP contribution in [0.1, 0.15) is 24.8 Å². The van der Waals surface area contributed by atoms with Gasteiger partial charge in [0.2, 0.25) is 0 Å². The lowest BCUT2D eigenvalue weighted by Gasteiger charge is -2.30. The van der Waals surface area contributed by atoms with Crippen molar-refractivity contribution in [3.63, 3.8) is 0 Å². The number of anilines is 1. The maximum Gasteiger partial charge on any atom is 0.407 e. The molecule has 2 atom stereocenters. The van der Waals surface area contributed by atoms with E-state index in [0.29, 0.717) is 48.1 Å². The number of carboxylic acid groups (broad SMARTS) is 1. The van der Waals surface area contributed by atoms with E-state index in [2.05, 4.69) is 22.3 Å². The number of para-hydroxylation sites is 1. The predicted octanol–water partition coefficient (Wildman–Crippen LogP) is 5.46. The van der Waals surface area contributed by atoms with Crippen molar-refractivity contribution in [1.29, 1.82) is 0 Å². The van der Waals surface area contributed by atoms with Gasteiger partial charge in [0.1, 0.15) is 6.61 Å². The van der Waals surface area contributed by atoms with Crippen LogP contribution < -0.4 is 10.2 Å². The summed E-state index contributed by atoms with van der Waals surface area (Å²) in [5.74, 6) is -1.25. The van der Waals surface area contributed by atoms with E-state index in [1.165, 1.54) is 11.8 Å². The molecule has 0 aromatic heterocycles. The molecule has 0 radical (unpaired) electrons. The van der Waals surface area contributed by atoms with Gasteiger partial charge in [-0.15, -0.1) is 0 Å². The molecule has 1 aliphatic carbocycles. The molecule has 1 saturated heterocycles. The summed E-state index contributed by atoms with van der Waals surface area (Å²) in [6, 6.07) is 11.6. The minimum atomic E-state index is -0.829. The molecule has 4 rings (SSSR count). The van der Waals surface area contributed by atoms with Crippen molar-refractivity contribution in [2.45, 2.75) is 41.7 Å². The van der Waals surface area contributed by atoms with Crippen molar-refractivity contribution in [3.05, 3.63) is 52.0 Å². The molecule has 1 heterocycles. The van der Waals surface area contributed by atoms with Gasteiger partial charge >= 0.3 is 12.1 Å². The van der Waals surface area contributed by atoms with Gasteiger partial charge in [-0.25, -0.2) is 4.79 Å². The standard InChI is InChI=1S/C24H26Cl2N2O5S/c25-21-16(14-33-24(31)27-17-7-5-15(13-17)23(29)30)6-8-20(22(21)26)34-19-4-2-1-3-18(19)28-9-11-32-12-10-28/h1-4,6,8,15,17H,5,7,9-14H2,(H,27,31)(H,29,30)/t15-,17+/m1/s1. The highest BCUT2D eigenvalue weighted by molar-refractivity contribution is 7.99. The Morgan fingerprint density at radius 2 is 1.85 bits per heavy atom. The SMILES string of the molecule is O=C(N[C@H]1CC[C@@H](C(=O)O)C1)OCc1ccc(Sc2ccccc2N2CCOCC2)c(Cl)c1Cl. The third-order valence-electron chi connectivity index (χ3n) is 6.03. The zero-order chi connectivity index (χ0) is 24.1. The van der Waals surface area contributed by atoms with Crippen LogP contribution in [0.25, 0.3) is 0 Å². The Bertz CT molecular complexity index is 1050. The lowest BCUT2D eigenvalue weighted by molar-refractivity contribution is -0.141. The van der Waals surface area contributed by atoms with E-state index in [4.69, 9.17) is 37.8 Å². The van der Waals surface area contributed by atoms with E-state index in [1.807, 2.05) is 18.2 Å². The molecule has 2 N–H and O–H groups in total. The summed E-state index contributed by atoms with van der Waals surface area (Å²) in [5, 5.41) is 12.6. The molecule has 0 bridgehead atoms. The molecular weight excluding hydrogens is 499 g/mol. The van der Waals surface area contributed by atoms with Crippen LogP contribution in [0.4, 0.5) is 10.5 Å². The highest BCUT2D eigenvalue weighted by Crippen LogP contribution is 2.42. The number of nitrogens with one attached hydrogen (secondary N) is 1. The molecule has 0 spiro atoms. The maximum atomic E-state index is 12.2. The maximum absolute atomic E-state index is 12.2. The van der Waals surface area contributed by atoms with Gasteiger partial charge < -0.3 is 24.8 Å². The van der Waals surface area contributed by atoms with E-state index in [1.54, 1.807) is 6.07 Å². The van der Waals surface area contributed by atoms with Crippen molar-refractivity contribution in [2.75, 3.05) is 31.2 Å². The second-order valence-corrected chi connectivity index (χ2v) is 10.1. The summed E-state index contributed by atoms with van der Waals surface area (Å²) in [6.07, 6.45) is 0.988. The summed E-state index contributed by atoms with van der Waals surface area (Å²) < 4.78 is 10.8. The van der Waals surface area contributed by atoms with E-state index >= 15 is 0 Å². The van der Waals surface area contributed by atoms with Crippen molar-refractivity contribution < 1.29 is 24.2 Å². The van der Waals surface area contributed by atoms with Crippen molar-refractivity contribution in [3.8, 4) is 0 Å². The van der Waals surface area contributed by atoms with Crippen LogP contribution in [0.2, 0.25) is 10.0 Å². The molecule has 2 aromatic carbocycles. The number of amides is 1. The van der Waals surface area contributed by atoms with Gasteiger partial charge in [0.25, 0.3) is 0 Å². The summed E-state index contributed by atoms with van der Waals surface area (Å²) in [4.78, 5) is 27.4. The fraction of sp³-hybridized carbons (Fsp3) is 0.417. The Kier molecular flexibility index (Phi) is 8.47. The van der Waals surface area contributed by atoms with Crippen LogP contribution in [0.3, 0.4) is 0 Å². The lowest BCUT2D eigenvalue weighted by atomic mass is 10.1. The van der Waals surface area contributed by atoms with Crippen LogP contribution in [0.5, 0.6) is 0 Å². The van der Waals surface area contributed by atoms with Gasteiger partial charge in [-0.3, -0.25) is 4.79 Å². The number of morpholine rings is 1. The van der Waals surface area contributed by atoms with Gasteiger partial charge in [-0.05, 0) is 37.5 Å². The van der Waals surface area contributed by atoms with Crippen molar-refractivity contribution in [1.82, 2.24) is 5.32 Å². The second kappa shape index (κ2) is 11.5. The number of carbonyl (C=O) groups excluding carboxylic acids is 1. The quantitative estimate of drug-likeness (QED) is 0.496. The average Bonchev–Trinajstić information content (AvgIpc) is 3.31. The Balaban J connectivity index is 1.37. The van der Waals surface area contributed by atoms with Crippen LogP contribution in [0.15, 0.2) is 46.2 Å². The molecule has 2 aromatic rings. The van der Waals surface area contributed by atoms with Gasteiger partial charge in [0.15, 0.2) is 0 Å². The molecule has 1 aliphatic heterocycles. The normalized spacial score (nSPS) is 20.2. The highest BCUT2D eigenvalue weighted by atomic mass is 35.5. The van der Waals surface area contributed by atoms with E-state index in [9.17, 15) is 9.59 Å². The number of ether oxygens (including phenoxy) is 2. The second-order valence-electron chi connectivity index (χ2n) is 8.29. The molecule has 2 fully saturated rings. The lowest BCUT2D eigenvalue weighted by Crippen LogP contribution is -2.36. The number of nitrogens with zero attached hydrogens (tertiary/aromatic N) is 1. The first-order valence-corrected chi connectivity index (χ1v) is 12.7. The van der Waals surface area contributed by atoms with Crippen LogP contribution in [0, 0.1) is 5.92 Å². The molecule has 10 heteroatoms. The minimum absolute atomic E-state index is 0.0330. The topological polar surface area (TPSA) is 88.1 Å². The molecule has 7 nitrogen and oxygen atoms in total. The number of carbonyl (C=O) groups is 2. The smallest absolute Gasteiger partial charge is 0.407 e. The molecule has 34 heavy (non-hydrogen) atoms. The highest BCUT2D eigenvalue weighted by Gasteiger charge is 2.30. The third kappa shape index (κ3) is 6.10. The largest absolute Gasteiger partial charge is 0.481 e. The van der Waals surface area contributed by atoms with Gasteiger partial charge in [-0.1, -0.05) is 53.2 Å². The van der Waals surface area contributed by atoms with Gasteiger partial charge in [0, 0.05) is 34.5 Å². The summed E-state index contributed by atoms with van der Waals surface area (Å²) >= 11 is 14.6. The number of benzene rings is 2. The summed E-state index contributed by atoms with van der Waals surface area (Å²) in [7, 11) is 0. The van der Waals surface area contributed by atoms with E-state index in [-0.39, 0.29) is 12.6 Å². The Labute approximate surface area is 212 Å². The predicted molar refractivity (Wildman–Crippen MR) is 132 cm³/mol. The number of carboxylic acids is 1. The Morgan fingerprint density at radius 1 is 1.09 bits per heavy atom. The first kappa shape index (κ1) is 25.0. The average molecular weight is 525 g/mol. The van der Waals surface area contributed by atoms with Crippen LogP contribution in [-0.4, -0.2) is 49.5 Å². The fourth-order valence-corrected chi connectivity index (χ4v) is 5.77. The van der Waals surface area contributed by atoms with Gasteiger partial charge in [-0.2, -0.15) is 0 Å². The minimum Gasteiger partial charge on any atom is -0.481 e. The number of halogens is 2. The summed E-state index contributed by atoms with van der Waals surface area (Å²) in [5.41, 5.74) is 1.73. The molecule has 1 amide bonds. The number of hydrogen-bond donors (Lipinski definition) is 2. The fourth-order valence-electron chi connectivity index (χ4n) is 4.18. The monoisotopic (exact) mass is 524 g/mol. The molecule has 0 unspecified atom stereocenters. The number of hydrogen-bond acceptors (Lipinski definition) is 6. The zero-order valence-corrected chi connectivity index (χ0v) is 20.8. The number of aliphatic carboxylic acids is 1. The van der Waals surface area contributed by atoms with Crippen LogP contribution >= 0.6 is 35.0 Å².